The summed E-state index contributed by atoms with van der Waals surface area (Å²) in [5, 5.41) is 0.451. The van der Waals surface area contributed by atoms with Gasteiger partial charge in [0.2, 0.25) is 0 Å². The molecule has 2 heterocycles. The summed E-state index contributed by atoms with van der Waals surface area (Å²) in [7, 11) is 1.64. The van der Waals surface area contributed by atoms with Crippen molar-refractivity contribution in [3.8, 4) is 0 Å². The summed E-state index contributed by atoms with van der Waals surface area (Å²) >= 11 is 1.30. The van der Waals surface area contributed by atoms with Crippen LogP contribution in [0.2, 0.25) is 0 Å². The van der Waals surface area contributed by atoms with Crippen LogP contribution in [0.5, 0.6) is 0 Å². The van der Waals surface area contributed by atoms with Crippen molar-refractivity contribution in [1.82, 2.24) is 15.0 Å². The maximum Gasteiger partial charge on any atom is 0.182 e. The third kappa shape index (κ3) is 1.91. The first kappa shape index (κ1) is 11.0. The highest BCUT2D eigenvalue weighted by molar-refractivity contribution is 7.22. The number of methoxy groups -OCH3 is 1. The fourth-order valence-electron chi connectivity index (χ4n) is 1.42. The van der Waals surface area contributed by atoms with E-state index in [1.807, 2.05) is 6.92 Å². The molecule has 0 aromatic carbocycles. The van der Waals surface area contributed by atoms with E-state index < -0.39 is 0 Å². The van der Waals surface area contributed by atoms with Gasteiger partial charge in [-0.25, -0.2) is 15.0 Å². The fourth-order valence-corrected chi connectivity index (χ4v) is 2.10. The highest BCUT2D eigenvalue weighted by atomic mass is 32.1. The number of ether oxygens (including phenoxy) is 1. The quantitative estimate of drug-likeness (QED) is 0.828. The van der Waals surface area contributed by atoms with Crippen molar-refractivity contribution < 1.29 is 4.74 Å². The van der Waals surface area contributed by atoms with Crippen LogP contribution in [0.15, 0.2) is 0 Å². The van der Waals surface area contributed by atoms with Crippen molar-refractivity contribution in [2.75, 3.05) is 25.2 Å². The molecule has 0 amide bonds. The molecule has 1 unspecified atom stereocenters. The first-order valence-corrected chi connectivity index (χ1v) is 5.61. The van der Waals surface area contributed by atoms with Crippen LogP contribution in [0.25, 0.3) is 10.3 Å². The normalized spacial score (nSPS) is 13.1. The lowest BCUT2D eigenvalue weighted by molar-refractivity contribution is 0.182. The van der Waals surface area contributed by atoms with Gasteiger partial charge in [0, 0.05) is 13.0 Å². The highest BCUT2D eigenvalue weighted by Gasteiger charge is 2.14. The molecule has 1 atom stereocenters. The average molecular weight is 239 g/mol. The Labute approximate surface area is 96.7 Å². The standard InChI is InChI=1S/C9H13N5OS/c1-4(3-15-2)7-12-6(10)5-8(13-7)14-9(11)16-5/h4H,3H2,1-2H3,(H4,10,11,12,13,14). The molecule has 0 aliphatic carbocycles. The van der Waals surface area contributed by atoms with Crippen LogP contribution in [-0.2, 0) is 4.74 Å². The number of fused-ring (bicyclic) bond motifs is 1. The molecule has 0 saturated carbocycles. The van der Waals surface area contributed by atoms with E-state index in [9.17, 15) is 0 Å². The van der Waals surface area contributed by atoms with Crippen molar-refractivity contribution in [2.45, 2.75) is 12.8 Å². The smallest absolute Gasteiger partial charge is 0.182 e. The minimum Gasteiger partial charge on any atom is -0.384 e. The number of nitrogen functional groups attached to an aromatic ring is 2. The van der Waals surface area contributed by atoms with Gasteiger partial charge in [0.25, 0.3) is 0 Å². The van der Waals surface area contributed by atoms with Gasteiger partial charge >= 0.3 is 0 Å². The lowest BCUT2D eigenvalue weighted by Gasteiger charge is -2.08. The zero-order valence-corrected chi connectivity index (χ0v) is 9.91. The van der Waals surface area contributed by atoms with Crippen molar-refractivity contribution >= 4 is 32.6 Å². The number of hydrogen-bond acceptors (Lipinski definition) is 7. The molecule has 0 fully saturated rings. The van der Waals surface area contributed by atoms with Gasteiger partial charge in [0.15, 0.2) is 10.8 Å². The molecule has 0 spiro atoms. The van der Waals surface area contributed by atoms with Gasteiger partial charge in [-0.15, -0.1) is 0 Å². The summed E-state index contributed by atoms with van der Waals surface area (Å²) in [6.07, 6.45) is 0. The minimum atomic E-state index is 0.0830. The molecule has 0 saturated heterocycles. The van der Waals surface area contributed by atoms with E-state index in [1.165, 1.54) is 11.3 Å². The Bertz CT molecular complexity index is 512. The Morgan fingerprint density at radius 3 is 2.75 bits per heavy atom. The van der Waals surface area contributed by atoms with Crippen LogP contribution in [0.1, 0.15) is 18.7 Å². The summed E-state index contributed by atoms with van der Waals surface area (Å²) in [4.78, 5) is 12.7. The monoisotopic (exact) mass is 239 g/mol. The third-order valence-electron chi connectivity index (χ3n) is 2.17. The van der Waals surface area contributed by atoms with Crippen molar-refractivity contribution in [3.05, 3.63) is 5.82 Å². The van der Waals surface area contributed by atoms with Crippen LogP contribution in [-0.4, -0.2) is 28.7 Å². The topological polar surface area (TPSA) is 99.9 Å². The van der Waals surface area contributed by atoms with Gasteiger partial charge in [-0.1, -0.05) is 18.3 Å². The summed E-state index contributed by atoms with van der Waals surface area (Å²) in [6, 6.07) is 0. The molecule has 6 nitrogen and oxygen atoms in total. The van der Waals surface area contributed by atoms with Gasteiger partial charge in [0.05, 0.1) is 6.61 Å². The molecule has 4 N–H and O–H groups in total. The predicted molar refractivity (Wildman–Crippen MR) is 64.3 cm³/mol. The van der Waals surface area contributed by atoms with Gasteiger partial charge in [-0.2, -0.15) is 0 Å². The van der Waals surface area contributed by atoms with Crippen LogP contribution < -0.4 is 11.5 Å². The molecule has 2 aromatic heterocycles. The van der Waals surface area contributed by atoms with Crippen molar-refractivity contribution in [1.29, 1.82) is 0 Å². The number of anilines is 2. The molecule has 2 aromatic rings. The molecule has 16 heavy (non-hydrogen) atoms. The van der Waals surface area contributed by atoms with E-state index in [-0.39, 0.29) is 5.92 Å². The Morgan fingerprint density at radius 2 is 2.06 bits per heavy atom. The van der Waals surface area contributed by atoms with E-state index in [1.54, 1.807) is 7.11 Å². The molecule has 86 valence electrons. The largest absolute Gasteiger partial charge is 0.384 e. The maximum atomic E-state index is 5.83. The van der Waals surface area contributed by atoms with E-state index in [0.717, 1.165) is 4.70 Å². The maximum absolute atomic E-state index is 5.83. The molecule has 0 radical (unpaired) electrons. The second kappa shape index (κ2) is 4.18. The zero-order chi connectivity index (χ0) is 11.7. The van der Waals surface area contributed by atoms with Crippen LogP contribution >= 0.6 is 11.3 Å². The Morgan fingerprint density at radius 1 is 1.31 bits per heavy atom. The van der Waals surface area contributed by atoms with Gasteiger partial charge in [0.1, 0.15) is 16.3 Å². The Balaban J connectivity index is 2.48. The number of aromatic nitrogens is 3. The number of nitrogens with zero attached hydrogens (tertiary/aromatic N) is 3. The molecular weight excluding hydrogens is 226 g/mol. The Kier molecular flexibility index (Phi) is 2.88. The van der Waals surface area contributed by atoms with Crippen molar-refractivity contribution in [3.63, 3.8) is 0 Å². The highest BCUT2D eigenvalue weighted by Crippen LogP contribution is 2.27. The third-order valence-corrected chi connectivity index (χ3v) is 3.07. The first-order chi connectivity index (χ1) is 7.61. The van der Waals surface area contributed by atoms with E-state index in [0.29, 0.717) is 29.0 Å². The number of rotatable bonds is 3. The second-order valence-electron chi connectivity index (χ2n) is 3.53. The summed E-state index contributed by atoms with van der Waals surface area (Å²) in [6.45, 7) is 2.52. The fraction of sp³-hybridized carbons (Fsp3) is 0.444. The number of nitrogens with two attached hydrogens (primary N) is 2. The second-order valence-corrected chi connectivity index (χ2v) is 4.56. The van der Waals surface area contributed by atoms with Gasteiger partial charge < -0.3 is 16.2 Å². The first-order valence-electron chi connectivity index (χ1n) is 4.80. The minimum absolute atomic E-state index is 0.0830. The summed E-state index contributed by atoms with van der Waals surface area (Å²) in [5.41, 5.74) is 12.0. The van der Waals surface area contributed by atoms with Gasteiger partial charge in [-0.05, 0) is 0 Å². The predicted octanol–water partition coefficient (Wildman–Crippen LogP) is 1.00. The molecular formula is C9H13N5OS. The van der Waals surface area contributed by atoms with Crippen LogP contribution in [0, 0.1) is 0 Å². The van der Waals surface area contributed by atoms with Crippen LogP contribution in [0.3, 0.4) is 0 Å². The molecule has 0 aliphatic rings. The molecule has 2 rings (SSSR count). The molecule has 7 heteroatoms. The molecule has 0 bridgehead atoms. The lowest BCUT2D eigenvalue weighted by atomic mass is 10.2. The molecule has 0 aliphatic heterocycles. The van der Waals surface area contributed by atoms with E-state index in [2.05, 4.69) is 15.0 Å². The SMILES string of the molecule is COCC(C)c1nc(N)c2sc(N)nc2n1. The lowest BCUT2D eigenvalue weighted by Crippen LogP contribution is -2.08. The summed E-state index contributed by atoms with van der Waals surface area (Å²) < 4.78 is 5.79. The van der Waals surface area contributed by atoms with Crippen LogP contribution in [0.4, 0.5) is 10.9 Å². The Hall–Kier alpha value is -1.47. The van der Waals surface area contributed by atoms with E-state index in [4.69, 9.17) is 16.2 Å². The average Bonchev–Trinajstić information content (AvgIpc) is 2.59. The number of hydrogen-bond donors (Lipinski definition) is 2. The zero-order valence-electron chi connectivity index (χ0n) is 9.10. The van der Waals surface area contributed by atoms with Gasteiger partial charge in [-0.3, -0.25) is 0 Å². The van der Waals surface area contributed by atoms with E-state index >= 15 is 0 Å². The number of thiazole rings is 1. The van der Waals surface area contributed by atoms with Crippen molar-refractivity contribution in [2.24, 2.45) is 0 Å². The summed E-state index contributed by atoms with van der Waals surface area (Å²) in [5.74, 6) is 1.15.